The molecule has 0 bridgehead atoms. The number of rotatable bonds is 5. The lowest BCUT2D eigenvalue weighted by molar-refractivity contribution is 0.673. The van der Waals surface area contributed by atoms with E-state index in [0.29, 0.717) is 0 Å². The molecule has 0 saturated heterocycles. The molecular formula is C16H18N4. The van der Waals surface area contributed by atoms with Gasteiger partial charge in [0.1, 0.15) is 12.1 Å². The van der Waals surface area contributed by atoms with Gasteiger partial charge in [-0.2, -0.15) is 0 Å². The standard InChI is InChI=1S/C16H18N4/c1-2-9-17-10-13-7-8-16(18-11-13)20-12-19-14-5-3-4-6-15(14)20/h3-8,11-12,17H,2,9-10H2,1H3. The van der Waals surface area contributed by atoms with E-state index in [2.05, 4.69) is 34.3 Å². The third kappa shape index (κ3) is 2.56. The predicted octanol–water partition coefficient (Wildman–Crippen LogP) is 2.92. The topological polar surface area (TPSA) is 42.7 Å². The monoisotopic (exact) mass is 266 g/mol. The number of benzene rings is 1. The van der Waals surface area contributed by atoms with Crippen molar-refractivity contribution >= 4 is 11.0 Å². The highest BCUT2D eigenvalue weighted by atomic mass is 15.1. The van der Waals surface area contributed by atoms with E-state index in [4.69, 9.17) is 0 Å². The molecule has 3 rings (SSSR count). The van der Waals surface area contributed by atoms with Crippen LogP contribution in [0.2, 0.25) is 0 Å². The first-order chi connectivity index (χ1) is 9.88. The maximum atomic E-state index is 4.53. The van der Waals surface area contributed by atoms with Gasteiger partial charge in [-0.3, -0.25) is 4.57 Å². The molecule has 0 radical (unpaired) electrons. The molecule has 20 heavy (non-hydrogen) atoms. The van der Waals surface area contributed by atoms with Crippen LogP contribution in [0, 0.1) is 0 Å². The lowest BCUT2D eigenvalue weighted by Crippen LogP contribution is -2.14. The van der Waals surface area contributed by atoms with Crippen molar-refractivity contribution in [3.63, 3.8) is 0 Å². The minimum Gasteiger partial charge on any atom is -0.313 e. The second-order valence-electron chi connectivity index (χ2n) is 4.80. The normalized spacial score (nSPS) is 11.1. The Morgan fingerprint density at radius 1 is 1.10 bits per heavy atom. The largest absolute Gasteiger partial charge is 0.313 e. The summed E-state index contributed by atoms with van der Waals surface area (Å²) in [5, 5.41) is 3.38. The Kier molecular flexibility index (Phi) is 3.74. The van der Waals surface area contributed by atoms with Crippen molar-refractivity contribution < 1.29 is 0 Å². The van der Waals surface area contributed by atoms with Crippen LogP contribution in [0.15, 0.2) is 48.9 Å². The molecule has 0 fully saturated rings. The molecule has 3 aromatic rings. The number of para-hydroxylation sites is 2. The van der Waals surface area contributed by atoms with Gasteiger partial charge in [0.05, 0.1) is 11.0 Å². The van der Waals surface area contributed by atoms with E-state index in [0.717, 1.165) is 36.4 Å². The Morgan fingerprint density at radius 2 is 2.00 bits per heavy atom. The van der Waals surface area contributed by atoms with Crippen molar-refractivity contribution in [3.8, 4) is 5.82 Å². The van der Waals surface area contributed by atoms with Crippen LogP contribution in [0.4, 0.5) is 0 Å². The van der Waals surface area contributed by atoms with Crippen LogP contribution in [0.1, 0.15) is 18.9 Å². The fourth-order valence-electron chi connectivity index (χ4n) is 2.22. The van der Waals surface area contributed by atoms with Gasteiger partial charge in [-0.15, -0.1) is 0 Å². The van der Waals surface area contributed by atoms with E-state index < -0.39 is 0 Å². The first-order valence-electron chi connectivity index (χ1n) is 6.96. The Labute approximate surface area is 118 Å². The molecule has 2 aromatic heterocycles. The minimum atomic E-state index is 0.867. The third-order valence-corrected chi connectivity index (χ3v) is 3.27. The van der Waals surface area contributed by atoms with Crippen LogP contribution in [0.5, 0.6) is 0 Å². The average molecular weight is 266 g/mol. The number of pyridine rings is 1. The highest BCUT2D eigenvalue weighted by molar-refractivity contribution is 5.76. The van der Waals surface area contributed by atoms with Crippen LogP contribution in [-0.4, -0.2) is 21.1 Å². The first kappa shape index (κ1) is 12.8. The second kappa shape index (κ2) is 5.84. The molecule has 4 nitrogen and oxygen atoms in total. The Morgan fingerprint density at radius 3 is 2.80 bits per heavy atom. The summed E-state index contributed by atoms with van der Waals surface area (Å²) in [6.45, 7) is 4.07. The van der Waals surface area contributed by atoms with Crippen LogP contribution in [-0.2, 0) is 6.54 Å². The summed E-state index contributed by atoms with van der Waals surface area (Å²) in [5.74, 6) is 0.901. The molecule has 0 aliphatic rings. The molecule has 0 saturated carbocycles. The van der Waals surface area contributed by atoms with Crippen molar-refractivity contribution in [1.29, 1.82) is 0 Å². The molecule has 0 atom stereocenters. The molecule has 0 aliphatic carbocycles. The number of imidazole rings is 1. The van der Waals surface area contributed by atoms with E-state index >= 15 is 0 Å². The molecule has 1 N–H and O–H groups in total. The summed E-state index contributed by atoms with van der Waals surface area (Å²) < 4.78 is 2.01. The number of hydrogen-bond acceptors (Lipinski definition) is 3. The molecule has 0 amide bonds. The lowest BCUT2D eigenvalue weighted by Gasteiger charge is -2.06. The maximum absolute atomic E-state index is 4.53. The molecule has 4 heteroatoms. The van der Waals surface area contributed by atoms with Crippen molar-refractivity contribution in [2.75, 3.05) is 6.54 Å². The number of nitrogens with zero attached hydrogens (tertiary/aromatic N) is 3. The summed E-state index contributed by atoms with van der Waals surface area (Å²) >= 11 is 0. The molecule has 0 unspecified atom stereocenters. The fourth-order valence-corrected chi connectivity index (χ4v) is 2.22. The maximum Gasteiger partial charge on any atom is 0.138 e. The van der Waals surface area contributed by atoms with Crippen molar-refractivity contribution in [2.45, 2.75) is 19.9 Å². The Hall–Kier alpha value is -2.20. The SMILES string of the molecule is CCCNCc1ccc(-n2cnc3ccccc32)nc1. The number of hydrogen-bond donors (Lipinski definition) is 1. The molecule has 102 valence electrons. The second-order valence-corrected chi connectivity index (χ2v) is 4.80. The summed E-state index contributed by atoms with van der Waals surface area (Å²) in [5.41, 5.74) is 3.27. The minimum absolute atomic E-state index is 0.867. The highest BCUT2D eigenvalue weighted by Crippen LogP contribution is 2.16. The smallest absolute Gasteiger partial charge is 0.138 e. The van der Waals surface area contributed by atoms with Crippen LogP contribution in [0.25, 0.3) is 16.9 Å². The van der Waals surface area contributed by atoms with E-state index in [9.17, 15) is 0 Å². The molecular weight excluding hydrogens is 248 g/mol. The number of fused-ring (bicyclic) bond motifs is 1. The predicted molar refractivity (Wildman–Crippen MR) is 80.9 cm³/mol. The van der Waals surface area contributed by atoms with Gasteiger partial charge in [0.2, 0.25) is 0 Å². The van der Waals surface area contributed by atoms with Gasteiger partial charge in [-0.1, -0.05) is 25.1 Å². The van der Waals surface area contributed by atoms with Gasteiger partial charge < -0.3 is 5.32 Å². The Bertz CT molecular complexity index is 685. The van der Waals surface area contributed by atoms with Gasteiger partial charge in [0.15, 0.2) is 0 Å². The summed E-state index contributed by atoms with van der Waals surface area (Å²) in [7, 11) is 0. The van der Waals surface area contributed by atoms with Crippen LogP contribution < -0.4 is 5.32 Å². The average Bonchev–Trinajstić information content (AvgIpc) is 2.92. The molecule has 1 aromatic carbocycles. The summed E-state index contributed by atoms with van der Waals surface area (Å²) in [4.78, 5) is 8.92. The Balaban J connectivity index is 1.84. The zero-order valence-corrected chi connectivity index (χ0v) is 11.6. The van der Waals surface area contributed by atoms with E-state index in [1.165, 1.54) is 5.56 Å². The molecule has 0 aliphatic heterocycles. The van der Waals surface area contributed by atoms with Gasteiger partial charge in [-0.25, -0.2) is 9.97 Å². The van der Waals surface area contributed by atoms with Crippen molar-refractivity contribution in [3.05, 3.63) is 54.5 Å². The van der Waals surface area contributed by atoms with Crippen LogP contribution in [0.3, 0.4) is 0 Å². The number of aromatic nitrogens is 3. The van der Waals surface area contributed by atoms with E-state index in [1.807, 2.05) is 41.4 Å². The van der Waals surface area contributed by atoms with Crippen molar-refractivity contribution in [1.82, 2.24) is 19.9 Å². The van der Waals surface area contributed by atoms with Gasteiger partial charge in [-0.05, 0) is 36.7 Å². The third-order valence-electron chi connectivity index (χ3n) is 3.27. The summed E-state index contributed by atoms with van der Waals surface area (Å²) in [6.07, 6.45) is 4.89. The zero-order chi connectivity index (χ0) is 13.8. The van der Waals surface area contributed by atoms with Gasteiger partial charge in [0.25, 0.3) is 0 Å². The quantitative estimate of drug-likeness (QED) is 0.722. The van der Waals surface area contributed by atoms with E-state index in [-0.39, 0.29) is 0 Å². The summed E-state index contributed by atoms with van der Waals surface area (Å²) in [6, 6.07) is 12.2. The number of nitrogens with one attached hydrogen (secondary N) is 1. The first-order valence-corrected chi connectivity index (χ1v) is 6.96. The van der Waals surface area contributed by atoms with Crippen molar-refractivity contribution in [2.24, 2.45) is 0 Å². The molecule has 0 spiro atoms. The zero-order valence-electron chi connectivity index (χ0n) is 11.6. The molecule has 2 heterocycles. The van der Waals surface area contributed by atoms with Crippen LogP contribution >= 0.6 is 0 Å². The van der Waals surface area contributed by atoms with Gasteiger partial charge >= 0.3 is 0 Å². The highest BCUT2D eigenvalue weighted by Gasteiger charge is 2.04. The fraction of sp³-hybridized carbons (Fsp3) is 0.250. The van der Waals surface area contributed by atoms with E-state index in [1.54, 1.807) is 0 Å². The van der Waals surface area contributed by atoms with Gasteiger partial charge in [0, 0.05) is 12.7 Å². The lowest BCUT2D eigenvalue weighted by atomic mass is 10.2.